The van der Waals surface area contributed by atoms with E-state index >= 15 is 0 Å². The maximum Gasteiger partial charge on any atom is 0.275 e. The average molecular weight is 406 g/mol. The van der Waals surface area contributed by atoms with Gasteiger partial charge in [-0.25, -0.2) is 15.0 Å². The number of aromatic nitrogens is 3. The van der Waals surface area contributed by atoms with Gasteiger partial charge >= 0.3 is 0 Å². The first-order valence-electron chi connectivity index (χ1n) is 9.55. The summed E-state index contributed by atoms with van der Waals surface area (Å²) in [6.07, 6.45) is 5.53. The van der Waals surface area contributed by atoms with Gasteiger partial charge in [-0.05, 0) is 29.8 Å². The molecule has 3 aromatic rings. The molecule has 1 spiro atoms. The molecule has 0 unspecified atom stereocenters. The second-order valence-corrected chi connectivity index (χ2v) is 7.52. The molecule has 2 aliphatic heterocycles. The first-order valence-corrected chi connectivity index (χ1v) is 9.55. The molecule has 0 atom stereocenters. The Labute approximate surface area is 171 Å². The molecule has 2 aliphatic rings. The predicted octanol–water partition coefficient (Wildman–Crippen LogP) is 2.49. The number of halogens is 1. The van der Waals surface area contributed by atoms with E-state index in [2.05, 4.69) is 25.2 Å². The van der Waals surface area contributed by atoms with Crippen molar-refractivity contribution in [3.05, 3.63) is 60.6 Å². The molecule has 0 radical (unpaired) electrons. The second kappa shape index (κ2) is 7.03. The minimum absolute atomic E-state index is 0.000310. The Morgan fingerprint density at radius 2 is 1.90 bits per heavy atom. The van der Waals surface area contributed by atoms with E-state index in [1.807, 2.05) is 0 Å². The van der Waals surface area contributed by atoms with Crippen molar-refractivity contribution in [1.82, 2.24) is 15.0 Å². The number of benzene rings is 1. The maximum atomic E-state index is 13.1. The van der Waals surface area contributed by atoms with E-state index in [-0.39, 0.29) is 11.3 Å². The van der Waals surface area contributed by atoms with Crippen molar-refractivity contribution < 1.29 is 13.9 Å². The minimum atomic E-state index is -0.557. The quantitative estimate of drug-likeness (QED) is 0.506. The number of anilines is 3. The molecule has 8 nitrogen and oxygen atoms in total. The predicted molar refractivity (Wildman–Crippen MR) is 110 cm³/mol. The van der Waals surface area contributed by atoms with Crippen LogP contribution in [0.15, 0.2) is 48.9 Å². The molecule has 1 amide bonds. The molecule has 30 heavy (non-hydrogen) atoms. The molecule has 2 saturated heterocycles. The molecular formula is C21H19FN6O2. The lowest BCUT2D eigenvalue weighted by molar-refractivity contribution is -0.161. The third kappa shape index (κ3) is 3.33. The zero-order valence-electron chi connectivity index (χ0n) is 16.0. The van der Waals surface area contributed by atoms with Crippen LogP contribution < -0.4 is 16.0 Å². The van der Waals surface area contributed by atoms with Crippen LogP contribution in [-0.2, 0) is 4.74 Å². The Morgan fingerprint density at radius 3 is 2.53 bits per heavy atom. The summed E-state index contributed by atoms with van der Waals surface area (Å²) in [5, 5.41) is 2.76. The fourth-order valence-corrected chi connectivity index (χ4v) is 3.63. The fraction of sp³-hybridized carbons (Fsp3) is 0.238. The zero-order valence-corrected chi connectivity index (χ0v) is 16.0. The Balaban J connectivity index is 1.29. The number of nitrogens with one attached hydrogen (secondary N) is 1. The SMILES string of the molecule is Nc1ccc(-c2ccc(F)nc2)cc1NC(=O)c1cnc(N2CC3(CCO3)C2)cn1. The number of ether oxygens (including phenoxy) is 1. The van der Waals surface area contributed by atoms with Crippen LogP contribution in [0.1, 0.15) is 16.9 Å². The van der Waals surface area contributed by atoms with Gasteiger partial charge in [0.2, 0.25) is 5.95 Å². The van der Waals surface area contributed by atoms with Gasteiger partial charge in [0, 0.05) is 18.2 Å². The zero-order chi connectivity index (χ0) is 20.7. The number of amides is 1. The van der Waals surface area contributed by atoms with Crippen molar-refractivity contribution in [1.29, 1.82) is 0 Å². The molecule has 4 heterocycles. The molecular weight excluding hydrogens is 387 g/mol. The lowest BCUT2D eigenvalue weighted by Gasteiger charge is -2.55. The molecule has 0 aliphatic carbocycles. The van der Waals surface area contributed by atoms with Crippen LogP contribution in [-0.4, -0.2) is 46.2 Å². The number of nitrogen functional groups attached to an aromatic ring is 1. The van der Waals surface area contributed by atoms with Crippen molar-refractivity contribution in [3.8, 4) is 11.1 Å². The van der Waals surface area contributed by atoms with Gasteiger partial charge in [0.15, 0.2) is 0 Å². The van der Waals surface area contributed by atoms with Gasteiger partial charge in [-0.3, -0.25) is 4.79 Å². The van der Waals surface area contributed by atoms with Crippen LogP contribution in [0.5, 0.6) is 0 Å². The number of hydrogen-bond donors (Lipinski definition) is 2. The third-order valence-electron chi connectivity index (χ3n) is 5.48. The molecule has 152 valence electrons. The summed E-state index contributed by atoms with van der Waals surface area (Å²) in [5.74, 6) is -0.256. The topological polar surface area (TPSA) is 106 Å². The Bertz CT molecular complexity index is 1090. The largest absolute Gasteiger partial charge is 0.397 e. The molecule has 2 aromatic heterocycles. The number of nitrogens with two attached hydrogens (primary N) is 1. The first-order chi connectivity index (χ1) is 14.5. The Hall–Kier alpha value is -3.59. The van der Waals surface area contributed by atoms with E-state index < -0.39 is 11.9 Å². The normalized spacial score (nSPS) is 16.6. The summed E-state index contributed by atoms with van der Waals surface area (Å²) in [7, 11) is 0. The van der Waals surface area contributed by atoms with Crippen molar-refractivity contribution in [3.63, 3.8) is 0 Å². The summed E-state index contributed by atoms with van der Waals surface area (Å²) in [5.41, 5.74) is 8.48. The van der Waals surface area contributed by atoms with Crippen LogP contribution in [0.4, 0.5) is 21.6 Å². The molecule has 9 heteroatoms. The maximum absolute atomic E-state index is 13.1. The van der Waals surface area contributed by atoms with Crippen molar-refractivity contribution in [2.45, 2.75) is 12.0 Å². The van der Waals surface area contributed by atoms with E-state index in [0.717, 1.165) is 37.5 Å². The highest BCUT2D eigenvalue weighted by Gasteiger charge is 2.49. The number of hydrogen-bond acceptors (Lipinski definition) is 7. The molecule has 5 rings (SSSR count). The Morgan fingerprint density at radius 1 is 1.10 bits per heavy atom. The van der Waals surface area contributed by atoms with Crippen molar-refractivity contribution in [2.24, 2.45) is 0 Å². The van der Waals surface area contributed by atoms with E-state index in [1.165, 1.54) is 18.5 Å². The lowest BCUT2D eigenvalue weighted by atomic mass is 9.86. The number of nitrogens with zero attached hydrogens (tertiary/aromatic N) is 4. The van der Waals surface area contributed by atoms with Crippen LogP contribution >= 0.6 is 0 Å². The monoisotopic (exact) mass is 406 g/mol. The van der Waals surface area contributed by atoms with Crippen LogP contribution in [0, 0.1) is 5.95 Å². The van der Waals surface area contributed by atoms with Gasteiger partial charge in [0.25, 0.3) is 5.91 Å². The van der Waals surface area contributed by atoms with Crippen molar-refractivity contribution in [2.75, 3.05) is 35.6 Å². The van der Waals surface area contributed by atoms with E-state index in [4.69, 9.17) is 10.5 Å². The molecule has 3 N–H and O–H groups in total. The number of pyridine rings is 1. The first kappa shape index (κ1) is 18.4. The summed E-state index contributed by atoms with van der Waals surface area (Å²) in [4.78, 5) is 26.9. The summed E-state index contributed by atoms with van der Waals surface area (Å²) >= 11 is 0. The minimum Gasteiger partial charge on any atom is -0.397 e. The van der Waals surface area contributed by atoms with Gasteiger partial charge in [-0.15, -0.1) is 0 Å². The summed E-state index contributed by atoms with van der Waals surface area (Å²) < 4.78 is 18.7. The second-order valence-electron chi connectivity index (χ2n) is 7.52. The average Bonchev–Trinajstić information content (AvgIpc) is 2.69. The summed E-state index contributed by atoms with van der Waals surface area (Å²) in [6.45, 7) is 2.42. The van der Waals surface area contributed by atoms with E-state index in [1.54, 1.807) is 30.5 Å². The van der Waals surface area contributed by atoms with E-state index in [9.17, 15) is 9.18 Å². The van der Waals surface area contributed by atoms with Crippen molar-refractivity contribution >= 4 is 23.1 Å². The highest BCUT2D eigenvalue weighted by molar-refractivity contribution is 6.04. The number of rotatable bonds is 4. The smallest absolute Gasteiger partial charge is 0.275 e. The lowest BCUT2D eigenvalue weighted by Crippen LogP contribution is -2.68. The number of carbonyl (C=O) groups is 1. The third-order valence-corrected chi connectivity index (χ3v) is 5.48. The summed E-state index contributed by atoms with van der Waals surface area (Å²) in [6, 6.07) is 8.05. The fourth-order valence-electron chi connectivity index (χ4n) is 3.63. The standard InChI is InChI=1S/C21H19FN6O2/c22-18-4-2-14(8-25-18)13-1-3-15(23)16(7-13)27-20(29)17-9-26-19(10-24-17)28-11-21(12-28)5-6-30-21/h1-4,7-10H,5-6,11-12,23H2,(H,27,29). The molecule has 0 saturated carbocycles. The van der Waals surface area contributed by atoms with Crippen LogP contribution in [0.25, 0.3) is 11.1 Å². The number of carbonyl (C=O) groups excluding carboxylic acids is 1. The molecule has 1 aromatic carbocycles. The highest BCUT2D eigenvalue weighted by Crippen LogP contribution is 2.37. The Kier molecular flexibility index (Phi) is 4.32. The van der Waals surface area contributed by atoms with Gasteiger partial charge in [0.1, 0.15) is 17.1 Å². The van der Waals surface area contributed by atoms with Gasteiger partial charge in [-0.2, -0.15) is 4.39 Å². The van der Waals surface area contributed by atoms with Gasteiger partial charge in [0.05, 0.1) is 43.5 Å². The molecule has 2 fully saturated rings. The van der Waals surface area contributed by atoms with Crippen LogP contribution in [0.2, 0.25) is 0 Å². The molecule has 0 bridgehead atoms. The van der Waals surface area contributed by atoms with Gasteiger partial charge in [-0.1, -0.05) is 6.07 Å². The van der Waals surface area contributed by atoms with Crippen LogP contribution in [0.3, 0.4) is 0 Å². The highest BCUT2D eigenvalue weighted by atomic mass is 19.1. The van der Waals surface area contributed by atoms with E-state index in [0.29, 0.717) is 16.9 Å². The van der Waals surface area contributed by atoms with Gasteiger partial charge < -0.3 is 20.7 Å².